The Hall–Kier alpha value is -5.73. The molecule has 0 spiro atoms. The van der Waals surface area contributed by atoms with Gasteiger partial charge in [0, 0.05) is 49.2 Å². The number of hydrogen-bond acceptors (Lipinski definition) is 8. The fourth-order valence-corrected chi connectivity index (χ4v) is 10.2. The van der Waals surface area contributed by atoms with Gasteiger partial charge in [0.1, 0.15) is 23.4 Å². The Bertz CT molecular complexity index is 2660. The lowest BCUT2D eigenvalue weighted by Crippen LogP contribution is -2.56. The highest BCUT2D eigenvalue weighted by molar-refractivity contribution is 6.31. The van der Waals surface area contributed by atoms with Gasteiger partial charge in [-0.1, -0.05) is 72.6 Å². The van der Waals surface area contributed by atoms with E-state index in [4.69, 9.17) is 37.7 Å². The van der Waals surface area contributed by atoms with Crippen LogP contribution in [0.15, 0.2) is 97.2 Å². The smallest absolute Gasteiger partial charge is 0.304 e. The lowest BCUT2D eigenvalue weighted by Gasteiger charge is -2.36. The Morgan fingerprint density at radius 2 is 1.61 bits per heavy atom. The normalized spacial score (nSPS) is 16.4. The van der Waals surface area contributed by atoms with Crippen molar-refractivity contribution in [2.45, 2.75) is 109 Å². The minimum Gasteiger partial charge on any atom is -0.481 e. The number of benzene rings is 4. The van der Waals surface area contributed by atoms with E-state index in [1.807, 2.05) is 101 Å². The molecule has 72 heavy (non-hydrogen) atoms. The van der Waals surface area contributed by atoms with E-state index >= 15 is 0 Å². The number of aromatic nitrogens is 2. The lowest BCUT2D eigenvalue weighted by atomic mass is 9.84. The second kappa shape index (κ2) is 24.3. The molecule has 3 amide bonds. The summed E-state index contributed by atoms with van der Waals surface area (Å²) in [5.41, 5.74) is 5.32. The maximum absolute atomic E-state index is 14.8. The number of ether oxygens (including phenoxy) is 2. The third kappa shape index (κ3) is 14.3. The number of rotatable bonds is 22. The van der Waals surface area contributed by atoms with Gasteiger partial charge in [0.15, 0.2) is 0 Å². The van der Waals surface area contributed by atoms with Crippen LogP contribution in [-0.2, 0) is 56.8 Å². The summed E-state index contributed by atoms with van der Waals surface area (Å²) in [6, 6.07) is 27.0. The van der Waals surface area contributed by atoms with Gasteiger partial charge in [-0.25, -0.2) is 4.98 Å². The Kier molecular flexibility index (Phi) is 18.3. The molecule has 5 atom stereocenters. The predicted molar refractivity (Wildman–Crippen MR) is 282 cm³/mol. The zero-order valence-corrected chi connectivity index (χ0v) is 44.2. The Morgan fingerprint density at radius 3 is 2.31 bits per heavy atom. The highest BCUT2D eigenvalue weighted by Gasteiger charge is 2.39. The minimum atomic E-state index is -1.06. The van der Waals surface area contributed by atoms with Gasteiger partial charge in [-0.2, -0.15) is 0 Å². The second-order valence-corrected chi connectivity index (χ2v) is 21.5. The van der Waals surface area contributed by atoms with Crippen LogP contribution >= 0.6 is 23.2 Å². The van der Waals surface area contributed by atoms with Crippen LogP contribution in [0.3, 0.4) is 0 Å². The van der Waals surface area contributed by atoms with Gasteiger partial charge in [0.25, 0.3) is 0 Å². The summed E-state index contributed by atoms with van der Waals surface area (Å²) in [6.07, 6.45) is 6.79. The van der Waals surface area contributed by atoms with E-state index in [1.54, 1.807) is 48.2 Å². The van der Waals surface area contributed by atoms with Gasteiger partial charge in [0.05, 0.1) is 49.0 Å². The number of carboxylic acids is 1. The molecule has 7 rings (SSSR count). The molecule has 0 unspecified atom stereocenters. The van der Waals surface area contributed by atoms with E-state index in [1.165, 1.54) is 12.8 Å². The van der Waals surface area contributed by atoms with Crippen molar-refractivity contribution < 1.29 is 33.8 Å². The molecular formula is C57H70Cl2N6O7. The number of amides is 3. The van der Waals surface area contributed by atoms with Crippen molar-refractivity contribution in [1.82, 2.24) is 29.6 Å². The number of nitrogens with zero attached hydrogens (tertiary/aromatic N) is 5. The highest BCUT2D eigenvalue weighted by Crippen LogP contribution is 2.41. The van der Waals surface area contributed by atoms with Crippen LogP contribution in [0.1, 0.15) is 93.8 Å². The van der Waals surface area contributed by atoms with Gasteiger partial charge < -0.3 is 34.3 Å². The largest absolute Gasteiger partial charge is 0.481 e. The SMILES string of the molecule is C[C@H](CCc1ccc(Cl)cc1Oc1ccc(-c2cnc(CN3CCCC3)n2C)cc1)C(=O)N[C@@H](COC(C)(C)C)C(=O)N(C)[C@H](Cc1ccc(Cl)cc1)CN(C)C(=O)[C@@H](CC(=O)O)[C@H]1CCc2ccccc21. The molecule has 1 saturated heterocycles. The maximum atomic E-state index is 14.8. The average Bonchev–Trinajstić information content (AvgIpc) is 4.12. The topological polar surface area (TPSA) is 147 Å². The molecule has 1 aliphatic heterocycles. The van der Waals surface area contributed by atoms with E-state index in [2.05, 4.69) is 21.8 Å². The van der Waals surface area contributed by atoms with Gasteiger partial charge >= 0.3 is 5.97 Å². The summed E-state index contributed by atoms with van der Waals surface area (Å²) in [4.78, 5) is 65.9. The molecular weight excluding hydrogens is 952 g/mol. The van der Waals surface area contributed by atoms with E-state index in [0.29, 0.717) is 47.2 Å². The number of likely N-dealkylation sites (tertiary alicyclic amines) is 1. The zero-order chi connectivity index (χ0) is 51.7. The van der Waals surface area contributed by atoms with Crippen molar-refractivity contribution in [3.05, 3.63) is 135 Å². The van der Waals surface area contributed by atoms with Crippen LogP contribution in [0.2, 0.25) is 10.0 Å². The summed E-state index contributed by atoms with van der Waals surface area (Å²) < 4.78 is 14.8. The monoisotopic (exact) mass is 1020 g/mol. The second-order valence-electron chi connectivity index (χ2n) is 20.6. The molecule has 2 N–H and O–H groups in total. The molecule has 5 aromatic rings. The molecule has 13 nitrogen and oxygen atoms in total. The van der Waals surface area contributed by atoms with E-state index in [-0.39, 0.29) is 37.3 Å². The molecule has 1 fully saturated rings. The fourth-order valence-electron chi connectivity index (χ4n) is 9.91. The third-order valence-corrected chi connectivity index (χ3v) is 14.7. The van der Waals surface area contributed by atoms with Crippen molar-refractivity contribution in [2.75, 3.05) is 40.3 Å². The number of nitrogens with one attached hydrogen (secondary N) is 1. The molecule has 2 heterocycles. The number of hydrogen-bond donors (Lipinski definition) is 2. The Morgan fingerprint density at radius 1 is 0.917 bits per heavy atom. The third-order valence-electron chi connectivity index (χ3n) is 14.2. The average molecular weight is 1020 g/mol. The van der Waals surface area contributed by atoms with Crippen LogP contribution in [0.5, 0.6) is 11.5 Å². The fraction of sp³-hybridized carbons (Fsp3) is 0.456. The number of aryl methyl sites for hydroxylation is 2. The summed E-state index contributed by atoms with van der Waals surface area (Å²) >= 11 is 12.8. The number of fused-ring (bicyclic) bond motifs is 1. The first kappa shape index (κ1) is 54.1. The molecule has 0 radical (unpaired) electrons. The van der Waals surface area contributed by atoms with Crippen LogP contribution in [0, 0.1) is 11.8 Å². The van der Waals surface area contributed by atoms with E-state index in [0.717, 1.165) is 65.4 Å². The molecule has 0 saturated carbocycles. The van der Waals surface area contributed by atoms with Gasteiger partial charge in [0.2, 0.25) is 17.7 Å². The van der Waals surface area contributed by atoms with Crippen LogP contribution in [0.25, 0.3) is 11.3 Å². The molecule has 384 valence electrons. The van der Waals surface area contributed by atoms with Crippen LogP contribution < -0.4 is 10.1 Å². The predicted octanol–water partition coefficient (Wildman–Crippen LogP) is 10.00. The molecule has 4 aromatic carbocycles. The zero-order valence-electron chi connectivity index (χ0n) is 42.7. The van der Waals surface area contributed by atoms with Crippen LogP contribution in [0.4, 0.5) is 0 Å². The summed E-state index contributed by atoms with van der Waals surface area (Å²) in [5, 5.41) is 14.1. The van der Waals surface area contributed by atoms with Gasteiger partial charge in [-0.3, -0.25) is 24.1 Å². The van der Waals surface area contributed by atoms with Crippen molar-refractivity contribution in [3.63, 3.8) is 0 Å². The lowest BCUT2D eigenvalue weighted by molar-refractivity contribution is -0.146. The Labute approximate surface area is 434 Å². The number of halogens is 2. The summed E-state index contributed by atoms with van der Waals surface area (Å²) in [7, 11) is 5.39. The molecule has 0 bridgehead atoms. The molecule has 2 aliphatic rings. The number of likely N-dealkylation sites (N-methyl/N-ethyl adjacent to an activating group) is 2. The standard InChI is InChI=1S/C57H70Cl2N6O7/c1-37(14-17-41-18-24-43(59)31-51(41)72-45-25-19-40(20-26-45)50-33-60-52(64(50)7)35-65-28-10-11-29-65)54(68)61-49(36-71-57(2,3)4)56(70)63(6)44(30-38-15-22-42(58)23-16-38)34-62(5)55(69)48(32-53(66)67)47-27-21-39-12-8-9-13-46(39)47/h8-9,12-13,15-16,18-20,22-26,31,33,37,44,47-49H,10-11,14,17,21,27-30,32,34-36H2,1-7H3,(H,61,68)(H,66,67)/t37-,44-,47+,48+,49+/m1/s1. The number of carbonyl (C=O) groups is 4. The van der Waals surface area contributed by atoms with E-state index < -0.39 is 41.4 Å². The summed E-state index contributed by atoms with van der Waals surface area (Å²) in [6.45, 7) is 10.5. The number of carbonyl (C=O) groups excluding carboxylic acids is 3. The highest BCUT2D eigenvalue weighted by atomic mass is 35.5. The molecule has 1 aliphatic carbocycles. The first-order chi connectivity index (χ1) is 34.3. The maximum Gasteiger partial charge on any atom is 0.304 e. The molecule has 15 heteroatoms. The van der Waals surface area contributed by atoms with Crippen molar-refractivity contribution in [1.29, 1.82) is 0 Å². The van der Waals surface area contributed by atoms with E-state index in [9.17, 15) is 24.3 Å². The first-order valence-electron chi connectivity index (χ1n) is 25.1. The summed E-state index contributed by atoms with van der Waals surface area (Å²) in [5.74, 6) is -1.35. The number of aliphatic carboxylic acids is 1. The molecule has 1 aromatic heterocycles. The minimum absolute atomic E-state index is 0.0936. The van der Waals surface area contributed by atoms with Gasteiger partial charge in [-0.05, 0) is 156 Å². The van der Waals surface area contributed by atoms with Crippen molar-refractivity contribution in [2.24, 2.45) is 18.9 Å². The Balaban J connectivity index is 1.03. The van der Waals surface area contributed by atoms with Crippen molar-refractivity contribution >= 4 is 46.9 Å². The quantitative estimate of drug-likeness (QED) is 0.0692. The number of imidazole rings is 1. The van der Waals surface area contributed by atoms with Gasteiger partial charge in [-0.15, -0.1) is 0 Å². The van der Waals surface area contributed by atoms with Crippen molar-refractivity contribution in [3.8, 4) is 22.8 Å². The first-order valence-corrected chi connectivity index (χ1v) is 25.9. The number of carboxylic acid groups (broad SMARTS) is 1. The van der Waals surface area contributed by atoms with Crippen LogP contribution in [-0.4, -0.2) is 111 Å².